The molecule has 108 valence electrons. The number of hydrogen-bond acceptors (Lipinski definition) is 5. The Morgan fingerprint density at radius 1 is 1.50 bits per heavy atom. The molecule has 0 radical (unpaired) electrons. The van der Waals surface area contributed by atoms with E-state index in [9.17, 15) is 4.79 Å². The maximum absolute atomic E-state index is 12.0. The average molecular weight is 279 g/mol. The topological polar surface area (TPSA) is 78.4 Å². The summed E-state index contributed by atoms with van der Waals surface area (Å²) in [6.07, 6.45) is 1.40. The lowest BCUT2D eigenvalue weighted by Crippen LogP contribution is -2.41. The van der Waals surface area contributed by atoms with Crippen molar-refractivity contribution >= 4 is 11.2 Å². The summed E-state index contributed by atoms with van der Waals surface area (Å²) in [4.78, 5) is 18.8. The van der Waals surface area contributed by atoms with Crippen LogP contribution in [0.1, 0.15) is 0 Å². The number of nitrogens with zero attached hydrogens (tertiary/aromatic N) is 2. The molecule has 0 saturated carbocycles. The monoisotopic (exact) mass is 279 g/mol. The largest absolute Gasteiger partial charge is 0.382 e. The van der Waals surface area contributed by atoms with E-state index in [4.69, 9.17) is 14.2 Å². The van der Waals surface area contributed by atoms with Gasteiger partial charge in [-0.3, -0.25) is 9.55 Å². The van der Waals surface area contributed by atoms with Gasteiger partial charge >= 0.3 is 5.69 Å². The summed E-state index contributed by atoms with van der Waals surface area (Å²) in [6.45, 7) is 1.92. The van der Waals surface area contributed by atoms with Gasteiger partial charge < -0.3 is 14.2 Å². The Morgan fingerprint density at radius 3 is 3.20 bits per heavy atom. The Bertz CT molecular complexity index is 634. The molecule has 20 heavy (non-hydrogen) atoms. The maximum atomic E-state index is 12.0. The molecular weight excluding hydrogens is 262 g/mol. The molecule has 7 heteroatoms. The predicted molar refractivity (Wildman–Crippen MR) is 71.7 cm³/mol. The number of hydrogen-bond donors (Lipinski definition) is 1. The van der Waals surface area contributed by atoms with Crippen molar-refractivity contribution < 1.29 is 14.2 Å². The zero-order chi connectivity index (χ0) is 13.9. The third kappa shape index (κ3) is 2.60. The fourth-order valence-corrected chi connectivity index (χ4v) is 2.42. The molecule has 0 aliphatic carbocycles. The molecule has 2 aromatic heterocycles. The minimum atomic E-state index is -0.184. The quantitative estimate of drug-likeness (QED) is 0.862. The van der Waals surface area contributed by atoms with Crippen LogP contribution in [0.5, 0.6) is 0 Å². The van der Waals surface area contributed by atoms with Crippen molar-refractivity contribution in [1.29, 1.82) is 0 Å². The van der Waals surface area contributed by atoms with Crippen LogP contribution in [0, 0.1) is 0 Å². The fraction of sp³-hybridized carbons (Fsp3) is 0.538. The van der Waals surface area contributed by atoms with Gasteiger partial charge in [0.05, 0.1) is 38.0 Å². The number of ether oxygens (including phenoxy) is 3. The smallest absolute Gasteiger partial charge is 0.327 e. The minimum Gasteiger partial charge on any atom is -0.382 e. The van der Waals surface area contributed by atoms with Gasteiger partial charge in [-0.2, -0.15) is 0 Å². The Balaban J connectivity index is 1.79. The number of H-pyrrole nitrogens is 1. The summed E-state index contributed by atoms with van der Waals surface area (Å²) >= 11 is 0. The molecule has 1 fully saturated rings. The highest BCUT2D eigenvalue weighted by atomic mass is 16.6. The van der Waals surface area contributed by atoms with Crippen molar-refractivity contribution in [2.75, 3.05) is 26.9 Å². The van der Waals surface area contributed by atoms with Crippen molar-refractivity contribution in [1.82, 2.24) is 14.5 Å². The molecular formula is C13H17N3O4. The molecule has 3 heterocycles. The van der Waals surface area contributed by atoms with Gasteiger partial charge in [0.25, 0.3) is 0 Å². The standard InChI is InChI=1S/C13H17N3O4/c1-18-6-10-8-19-7-9(20-10)5-16-11-3-2-4-14-12(11)15-13(16)17/h2-4,9-10H,5-8H2,1H3,(H,14,15,17)/t9-,10?/m0/s1. The van der Waals surface area contributed by atoms with Crippen molar-refractivity contribution in [2.24, 2.45) is 0 Å². The van der Waals surface area contributed by atoms with E-state index in [0.29, 0.717) is 32.0 Å². The number of pyridine rings is 1. The third-order valence-electron chi connectivity index (χ3n) is 3.28. The molecule has 1 N–H and O–H groups in total. The van der Waals surface area contributed by atoms with Gasteiger partial charge in [0.2, 0.25) is 0 Å². The number of fused-ring (bicyclic) bond motifs is 1. The molecule has 1 aliphatic heterocycles. The molecule has 2 aromatic rings. The summed E-state index contributed by atoms with van der Waals surface area (Å²) in [5, 5.41) is 0. The molecule has 0 spiro atoms. The van der Waals surface area contributed by atoms with Gasteiger partial charge in [-0.1, -0.05) is 0 Å². The number of aromatic nitrogens is 3. The number of imidazole rings is 1. The van der Waals surface area contributed by atoms with E-state index in [-0.39, 0.29) is 17.9 Å². The average Bonchev–Trinajstić information content (AvgIpc) is 2.76. The second-order valence-electron chi connectivity index (χ2n) is 4.78. The maximum Gasteiger partial charge on any atom is 0.327 e. The zero-order valence-electron chi connectivity index (χ0n) is 11.2. The molecule has 1 aliphatic rings. The molecule has 0 bridgehead atoms. The van der Waals surface area contributed by atoms with Crippen LogP contribution < -0.4 is 5.69 Å². The second-order valence-corrected chi connectivity index (χ2v) is 4.78. The lowest BCUT2D eigenvalue weighted by atomic mass is 10.3. The SMILES string of the molecule is COCC1COC[C@H](Cn2c(=O)[nH]c3ncccc32)O1. The molecule has 0 amide bonds. The second kappa shape index (κ2) is 5.74. The van der Waals surface area contributed by atoms with Crippen LogP contribution in [0.15, 0.2) is 23.1 Å². The highest BCUT2D eigenvalue weighted by Crippen LogP contribution is 2.13. The fourth-order valence-electron chi connectivity index (χ4n) is 2.42. The molecule has 7 nitrogen and oxygen atoms in total. The molecule has 0 aromatic carbocycles. The van der Waals surface area contributed by atoms with E-state index >= 15 is 0 Å². The van der Waals surface area contributed by atoms with Gasteiger partial charge in [-0.15, -0.1) is 0 Å². The number of aromatic amines is 1. The first-order chi connectivity index (χ1) is 9.78. The van der Waals surface area contributed by atoms with Crippen LogP contribution in [0.3, 0.4) is 0 Å². The van der Waals surface area contributed by atoms with Crippen LogP contribution >= 0.6 is 0 Å². The lowest BCUT2D eigenvalue weighted by Gasteiger charge is -2.29. The van der Waals surface area contributed by atoms with Gasteiger partial charge in [0.15, 0.2) is 5.65 Å². The third-order valence-corrected chi connectivity index (χ3v) is 3.28. The number of nitrogens with one attached hydrogen (secondary N) is 1. The van der Waals surface area contributed by atoms with E-state index < -0.39 is 0 Å². The lowest BCUT2D eigenvalue weighted by molar-refractivity contribution is -0.157. The van der Waals surface area contributed by atoms with E-state index in [2.05, 4.69) is 9.97 Å². The van der Waals surface area contributed by atoms with Crippen LogP contribution in [0.2, 0.25) is 0 Å². The van der Waals surface area contributed by atoms with E-state index in [1.165, 1.54) is 0 Å². The van der Waals surface area contributed by atoms with E-state index in [0.717, 1.165) is 5.52 Å². The number of methoxy groups -OCH3 is 1. The Morgan fingerprint density at radius 2 is 2.35 bits per heavy atom. The summed E-state index contributed by atoms with van der Waals surface area (Å²) in [7, 11) is 1.63. The molecule has 3 rings (SSSR count). The molecule has 2 atom stereocenters. The van der Waals surface area contributed by atoms with Crippen molar-refractivity contribution in [2.45, 2.75) is 18.8 Å². The van der Waals surface area contributed by atoms with E-state index in [1.54, 1.807) is 23.9 Å². The van der Waals surface area contributed by atoms with Crippen molar-refractivity contribution in [3.8, 4) is 0 Å². The van der Waals surface area contributed by atoms with Crippen LogP contribution in [0.4, 0.5) is 0 Å². The zero-order valence-corrected chi connectivity index (χ0v) is 11.2. The van der Waals surface area contributed by atoms with Crippen molar-refractivity contribution in [3.05, 3.63) is 28.8 Å². The first-order valence-electron chi connectivity index (χ1n) is 6.53. The van der Waals surface area contributed by atoms with E-state index in [1.807, 2.05) is 6.07 Å². The minimum absolute atomic E-state index is 0.0854. The Labute approximate surface area is 115 Å². The first-order valence-corrected chi connectivity index (χ1v) is 6.53. The summed E-state index contributed by atoms with van der Waals surface area (Å²) in [6, 6.07) is 3.66. The Kier molecular flexibility index (Phi) is 3.81. The predicted octanol–water partition coefficient (Wildman–Crippen LogP) is 0.155. The van der Waals surface area contributed by atoms with Gasteiger partial charge in [-0.05, 0) is 12.1 Å². The summed E-state index contributed by atoms with van der Waals surface area (Å²) < 4.78 is 18.1. The first kappa shape index (κ1) is 13.3. The molecule has 1 saturated heterocycles. The Hall–Kier alpha value is -1.70. The highest BCUT2D eigenvalue weighted by molar-refractivity contribution is 5.70. The molecule has 1 unspecified atom stereocenters. The van der Waals surface area contributed by atoms with Crippen molar-refractivity contribution in [3.63, 3.8) is 0 Å². The number of rotatable bonds is 4. The summed E-state index contributed by atoms with van der Waals surface area (Å²) in [5.74, 6) is 0. The van der Waals surface area contributed by atoms with Gasteiger partial charge in [0.1, 0.15) is 6.10 Å². The normalized spacial score (nSPS) is 23.2. The van der Waals surface area contributed by atoms with Crippen LogP contribution in [-0.2, 0) is 20.8 Å². The van der Waals surface area contributed by atoms with Gasteiger partial charge in [-0.25, -0.2) is 9.78 Å². The van der Waals surface area contributed by atoms with Gasteiger partial charge in [0, 0.05) is 13.3 Å². The summed E-state index contributed by atoms with van der Waals surface area (Å²) in [5.41, 5.74) is 1.17. The van der Waals surface area contributed by atoms with Crippen LogP contribution in [-0.4, -0.2) is 53.7 Å². The van der Waals surface area contributed by atoms with Crippen LogP contribution in [0.25, 0.3) is 11.2 Å². The highest BCUT2D eigenvalue weighted by Gasteiger charge is 2.24.